The molecule has 1 aliphatic heterocycles. The summed E-state index contributed by atoms with van der Waals surface area (Å²) in [6, 6.07) is 9.31. The first-order chi connectivity index (χ1) is 14.2. The Morgan fingerprint density at radius 3 is 2.66 bits per heavy atom. The lowest BCUT2D eigenvalue weighted by Crippen LogP contribution is -2.30. The number of rotatable bonds is 5. The molecule has 1 N–H and O–H groups in total. The quantitative estimate of drug-likeness (QED) is 0.692. The van der Waals surface area contributed by atoms with Crippen LogP contribution in [0.4, 0.5) is 0 Å². The number of piperidine rings is 1. The van der Waals surface area contributed by atoms with E-state index in [0.29, 0.717) is 10.7 Å². The average molecular weight is 412 g/mol. The van der Waals surface area contributed by atoms with Crippen LogP contribution in [-0.4, -0.2) is 52.5 Å². The molecule has 0 spiro atoms. The van der Waals surface area contributed by atoms with Crippen LogP contribution in [-0.2, 0) is 4.74 Å². The summed E-state index contributed by atoms with van der Waals surface area (Å²) in [6.45, 7) is 1.75. The maximum atomic E-state index is 12.9. The highest BCUT2D eigenvalue weighted by molar-refractivity contribution is 6.30. The Labute approximate surface area is 174 Å². The van der Waals surface area contributed by atoms with Gasteiger partial charge in [0.25, 0.3) is 5.91 Å². The maximum Gasteiger partial charge on any atom is 0.273 e. The highest BCUT2D eigenvalue weighted by Crippen LogP contribution is 2.40. The van der Waals surface area contributed by atoms with Crippen LogP contribution < -0.4 is 5.32 Å². The standard InChI is InChI=1S/C21H22ClN5O2/c1-29-12-18(28)27-21(15-6-9-23-10-7-15)19(17-8-11-24-13-25-17)20(26-27)14-2-4-16(22)5-3-14/h2-5,8,11,13,15,23H,6-7,9-10,12H2,1H3. The van der Waals surface area contributed by atoms with E-state index < -0.39 is 0 Å². The molecule has 150 valence electrons. The van der Waals surface area contributed by atoms with Gasteiger partial charge in [-0.1, -0.05) is 23.7 Å². The van der Waals surface area contributed by atoms with Crippen LogP contribution in [0.3, 0.4) is 0 Å². The van der Waals surface area contributed by atoms with Gasteiger partial charge in [0.1, 0.15) is 18.6 Å². The Bertz CT molecular complexity index is 982. The molecular weight excluding hydrogens is 390 g/mol. The Hall–Kier alpha value is -2.61. The van der Waals surface area contributed by atoms with Crippen molar-refractivity contribution in [2.75, 3.05) is 26.8 Å². The fourth-order valence-electron chi connectivity index (χ4n) is 3.78. The molecule has 1 aromatic carbocycles. The zero-order valence-electron chi connectivity index (χ0n) is 16.1. The van der Waals surface area contributed by atoms with Crippen molar-refractivity contribution in [2.24, 2.45) is 0 Å². The van der Waals surface area contributed by atoms with E-state index in [-0.39, 0.29) is 18.4 Å². The van der Waals surface area contributed by atoms with Gasteiger partial charge in [-0.2, -0.15) is 5.10 Å². The first-order valence-electron chi connectivity index (χ1n) is 9.57. The molecule has 4 rings (SSSR count). The summed E-state index contributed by atoms with van der Waals surface area (Å²) in [5.41, 5.74) is 4.08. The largest absolute Gasteiger partial charge is 0.375 e. The number of aromatic nitrogens is 4. The zero-order chi connectivity index (χ0) is 20.2. The molecular formula is C21H22ClN5O2. The number of halogens is 1. The van der Waals surface area contributed by atoms with Crippen molar-refractivity contribution in [1.29, 1.82) is 0 Å². The minimum Gasteiger partial charge on any atom is -0.375 e. The SMILES string of the molecule is COCC(=O)n1nc(-c2ccc(Cl)cc2)c(-c2ccncn2)c1C1CCNCC1. The highest BCUT2D eigenvalue weighted by Gasteiger charge is 2.30. The van der Waals surface area contributed by atoms with Crippen molar-refractivity contribution in [1.82, 2.24) is 25.1 Å². The molecule has 8 heteroatoms. The fourth-order valence-corrected chi connectivity index (χ4v) is 3.91. The molecule has 3 aromatic rings. The summed E-state index contributed by atoms with van der Waals surface area (Å²) in [5, 5.41) is 8.77. The molecule has 1 aliphatic rings. The van der Waals surface area contributed by atoms with Crippen LogP contribution in [0, 0.1) is 0 Å². The van der Waals surface area contributed by atoms with E-state index in [9.17, 15) is 4.79 Å². The van der Waals surface area contributed by atoms with E-state index in [1.807, 2.05) is 30.3 Å². The molecule has 0 aliphatic carbocycles. The van der Waals surface area contributed by atoms with Gasteiger partial charge in [-0.3, -0.25) is 4.79 Å². The number of nitrogens with one attached hydrogen (secondary N) is 1. The number of hydrogen-bond donors (Lipinski definition) is 1. The number of nitrogens with zero attached hydrogens (tertiary/aromatic N) is 4. The summed E-state index contributed by atoms with van der Waals surface area (Å²) in [6.07, 6.45) is 5.06. The summed E-state index contributed by atoms with van der Waals surface area (Å²) < 4.78 is 6.63. The number of hydrogen-bond acceptors (Lipinski definition) is 6. The fraction of sp³-hybridized carbons (Fsp3) is 0.333. The van der Waals surface area contributed by atoms with Gasteiger partial charge < -0.3 is 10.1 Å². The van der Waals surface area contributed by atoms with Gasteiger partial charge in [-0.25, -0.2) is 14.6 Å². The minimum absolute atomic E-state index is 0.0388. The van der Waals surface area contributed by atoms with Gasteiger partial charge in [-0.05, 0) is 44.1 Å². The Morgan fingerprint density at radius 1 is 1.24 bits per heavy atom. The molecule has 29 heavy (non-hydrogen) atoms. The normalized spacial score (nSPS) is 14.8. The third-order valence-electron chi connectivity index (χ3n) is 5.11. The van der Waals surface area contributed by atoms with Crippen LogP contribution in [0.25, 0.3) is 22.5 Å². The first-order valence-corrected chi connectivity index (χ1v) is 9.95. The Balaban J connectivity index is 1.96. The molecule has 0 atom stereocenters. The smallest absolute Gasteiger partial charge is 0.273 e. The second-order valence-corrected chi connectivity index (χ2v) is 7.41. The molecule has 1 saturated heterocycles. The molecule has 7 nitrogen and oxygen atoms in total. The predicted octanol–water partition coefficient (Wildman–Crippen LogP) is 3.41. The lowest BCUT2D eigenvalue weighted by atomic mass is 9.89. The summed E-state index contributed by atoms with van der Waals surface area (Å²) in [7, 11) is 1.51. The van der Waals surface area contributed by atoms with Crippen LogP contribution in [0.5, 0.6) is 0 Å². The van der Waals surface area contributed by atoms with Gasteiger partial charge in [-0.15, -0.1) is 0 Å². The molecule has 0 bridgehead atoms. The lowest BCUT2D eigenvalue weighted by molar-refractivity contribution is 0.0739. The Kier molecular flexibility index (Phi) is 5.99. The zero-order valence-corrected chi connectivity index (χ0v) is 16.9. The summed E-state index contributed by atoms with van der Waals surface area (Å²) in [4.78, 5) is 21.4. The summed E-state index contributed by atoms with van der Waals surface area (Å²) >= 11 is 6.08. The van der Waals surface area contributed by atoms with Crippen molar-refractivity contribution in [2.45, 2.75) is 18.8 Å². The van der Waals surface area contributed by atoms with Crippen molar-refractivity contribution in [3.63, 3.8) is 0 Å². The average Bonchev–Trinajstić information content (AvgIpc) is 3.16. The van der Waals surface area contributed by atoms with E-state index in [0.717, 1.165) is 48.4 Å². The number of ether oxygens (including phenoxy) is 1. The van der Waals surface area contributed by atoms with Crippen molar-refractivity contribution in [3.05, 3.63) is 53.6 Å². The number of methoxy groups -OCH3 is 1. The Morgan fingerprint density at radius 2 is 2.00 bits per heavy atom. The molecule has 1 fully saturated rings. The molecule has 0 saturated carbocycles. The third kappa shape index (κ3) is 4.07. The number of carbonyl (C=O) groups is 1. The van der Waals surface area contributed by atoms with Gasteiger partial charge in [0.15, 0.2) is 0 Å². The molecule has 3 heterocycles. The lowest BCUT2D eigenvalue weighted by Gasteiger charge is -2.24. The molecule has 0 amide bonds. The number of carbonyl (C=O) groups excluding carboxylic acids is 1. The van der Waals surface area contributed by atoms with E-state index in [2.05, 4.69) is 15.3 Å². The van der Waals surface area contributed by atoms with Crippen molar-refractivity contribution >= 4 is 17.5 Å². The molecule has 2 aromatic heterocycles. The summed E-state index contributed by atoms with van der Waals surface area (Å²) in [5.74, 6) is -0.00729. The van der Waals surface area contributed by atoms with Gasteiger partial charge in [0.2, 0.25) is 0 Å². The number of benzene rings is 1. The van der Waals surface area contributed by atoms with Crippen LogP contribution in [0.1, 0.15) is 29.2 Å². The molecule has 0 radical (unpaired) electrons. The van der Waals surface area contributed by atoms with Gasteiger partial charge >= 0.3 is 0 Å². The van der Waals surface area contributed by atoms with Crippen molar-refractivity contribution < 1.29 is 9.53 Å². The molecule has 0 unspecified atom stereocenters. The second kappa shape index (κ2) is 8.82. The monoisotopic (exact) mass is 411 g/mol. The first kappa shape index (κ1) is 19.7. The van der Waals surface area contributed by atoms with E-state index in [1.165, 1.54) is 18.1 Å². The van der Waals surface area contributed by atoms with Gasteiger partial charge in [0, 0.05) is 29.8 Å². The van der Waals surface area contributed by atoms with Crippen LogP contribution in [0.2, 0.25) is 5.02 Å². The van der Waals surface area contributed by atoms with Crippen LogP contribution >= 0.6 is 11.6 Å². The van der Waals surface area contributed by atoms with Gasteiger partial charge in [0.05, 0.1) is 17.0 Å². The predicted molar refractivity (Wildman–Crippen MR) is 111 cm³/mol. The maximum absolute atomic E-state index is 12.9. The topological polar surface area (TPSA) is 81.9 Å². The van der Waals surface area contributed by atoms with E-state index in [4.69, 9.17) is 21.4 Å². The van der Waals surface area contributed by atoms with E-state index >= 15 is 0 Å². The van der Waals surface area contributed by atoms with Crippen LogP contribution in [0.15, 0.2) is 42.9 Å². The second-order valence-electron chi connectivity index (χ2n) is 6.97. The van der Waals surface area contributed by atoms with Crippen molar-refractivity contribution in [3.8, 4) is 22.5 Å². The minimum atomic E-state index is -0.198. The highest BCUT2D eigenvalue weighted by atomic mass is 35.5. The third-order valence-corrected chi connectivity index (χ3v) is 5.36. The van der Waals surface area contributed by atoms with E-state index in [1.54, 1.807) is 6.20 Å².